The van der Waals surface area contributed by atoms with Gasteiger partial charge in [0.15, 0.2) is 0 Å². The van der Waals surface area contributed by atoms with E-state index in [-0.39, 0.29) is 6.61 Å². The van der Waals surface area contributed by atoms with Gasteiger partial charge in [-0.1, -0.05) is 84.9 Å². The number of carbonyl (C=O) groups excluding carboxylic acids is 1. The molecule has 26 heavy (non-hydrogen) atoms. The molecule has 130 valence electrons. The smallest absolute Gasteiger partial charge is 0.330 e. The summed E-state index contributed by atoms with van der Waals surface area (Å²) in [6.45, 7) is 5.76. The molecule has 0 unspecified atom stereocenters. The summed E-state index contributed by atoms with van der Waals surface area (Å²) in [7, 11) is 0. The van der Waals surface area contributed by atoms with E-state index in [1.807, 2.05) is 12.1 Å². The van der Waals surface area contributed by atoms with Crippen molar-refractivity contribution in [3.63, 3.8) is 0 Å². The lowest BCUT2D eigenvalue weighted by atomic mass is 9.99. The van der Waals surface area contributed by atoms with E-state index in [0.29, 0.717) is 0 Å². The highest BCUT2D eigenvalue weighted by Gasteiger charge is 2.02. The van der Waals surface area contributed by atoms with E-state index in [0.717, 1.165) is 12.0 Å². The molecule has 0 fully saturated rings. The van der Waals surface area contributed by atoms with E-state index in [1.54, 1.807) is 0 Å². The molecule has 0 heterocycles. The Morgan fingerprint density at radius 1 is 0.808 bits per heavy atom. The average molecular weight is 342 g/mol. The summed E-state index contributed by atoms with van der Waals surface area (Å²) >= 11 is 0. The third-order valence-electron chi connectivity index (χ3n) is 4.32. The topological polar surface area (TPSA) is 26.3 Å². The van der Waals surface area contributed by atoms with Gasteiger partial charge in [0, 0.05) is 6.08 Å². The van der Waals surface area contributed by atoms with Gasteiger partial charge in [0.05, 0.1) is 0 Å². The molecule has 3 rings (SSSR count). The highest BCUT2D eigenvalue weighted by atomic mass is 16.5. The summed E-state index contributed by atoms with van der Waals surface area (Å²) in [4.78, 5) is 11.1. The third-order valence-corrected chi connectivity index (χ3v) is 4.32. The van der Waals surface area contributed by atoms with Crippen molar-refractivity contribution < 1.29 is 9.53 Å². The van der Waals surface area contributed by atoms with Gasteiger partial charge in [0.2, 0.25) is 0 Å². The van der Waals surface area contributed by atoms with Crippen LogP contribution >= 0.6 is 0 Å². The molecule has 3 aromatic carbocycles. The van der Waals surface area contributed by atoms with Crippen LogP contribution in [-0.4, -0.2) is 5.97 Å². The zero-order chi connectivity index (χ0) is 18.4. The van der Waals surface area contributed by atoms with Gasteiger partial charge in [-0.3, -0.25) is 0 Å². The summed E-state index contributed by atoms with van der Waals surface area (Å²) in [6.07, 6.45) is 2.05. The van der Waals surface area contributed by atoms with E-state index in [1.165, 1.54) is 33.9 Å². The first-order valence-electron chi connectivity index (χ1n) is 8.67. The summed E-state index contributed by atoms with van der Waals surface area (Å²) in [5.41, 5.74) is 7.21. The van der Waals surface area contributed by atoms with Crippen molar-refractivity contribution in [2.45, 2.75) is 20.0 Å². The van der Waals surface area contributed by atoms with Crippen LogP contribution < -0.4 is 0 Å². The number of ether oxygens (including phenoxy) is 1. The third kappa shape index (κ3) is 4.70. The second-order valence-corrected chi connectivity index (χ2v) is 6.37. The van der Waals surface area contributed by atoms with E-state index in [4.69, 9.17) is 4.74 Å². The maximum Gasteiger partial charge on any atom is 0.330 e. The molecule has 0 aliphatic carbocycles. The monoisotopic (exact) mass is 342 g/mol. The van der Waals surface area contributed by atoms with Crippen molar-refractivity contribution >= 4 is 5.97 Å². The van der Waals surface area contributed by atoms with Crippen LogP contribution in [0.2, 0.25) is 0 Å². The van der Waals surface area contributed by atoms with Gasteiger partial charge in [-0.25, -0.2) is 4.79 Å². The minimum atomic E-state index is -0.400. The molecule has 0 aliphatic rings. The van der Waals surface area contributed by atoms with E-state index in [2.05, 4.69) is 74.2 Å². The average Bonchev–Trinajstić information content (AvgIpc) is 2.68. The van der Waals surface area contributed by atoms with Gasteiger partial charge in [0.25, 0.3) is 0 Å². The quantitative estimate of drug-likeness (QED) is 0.438. The Morgan fingerprint density at radius 2 is 1.27 bits per heavy atom. The Morgan fingerprint density at radius 3 is 1.81 bits per heavy atom. The summed E-state index contributed by atoms with van der Waals surface area (Å²) in [6, 6.07) is 25.4. The minimum absolute atomic E-state index is 0.274. The first-order chi connectivity index (χ1) is 12.6. The van der Waals surface area contributed by atoms with Crippen LogP contribution in [0.15, 0.2) is 85.5 Å². The van der Waals surface area contributed by atoms with Gasteiger partial charge >= 0.3 is 5.97 Å². The first-order valence-corrected chi connectivity index (χ1v) is 8.67. The molecule has 0 aliphatic heterocycles. The lowest BCUT2D eigenvalue weighted by Gasteiger charge is -2.07. The summed E-state index contributed by atoms with van der Waals surface area (Å²) in [5, 5.41) is 0. The van der Waals surface area contributed by atoms with Crippen LogP contribution in [0.25, 0.3) is 11.1 Å². The normalized spacial score (nSPS) is 10.3. The first kappa shape index (κ1) is 17.7. The van der Waals surface area contributed by atoms with E-state index >= 15 is 0 Å². The number of carbonyl (C=O) groups is 1. The predicted octanol–water partition coefficient (Wildman–Crippen LogP) is 5.48. The number of hydrogen-bond donors (Lipinski definition) is 0. The SMILES string of the molecule is C=CC(=O)OCc1ccc(Cc2ccc(-c3ccc(C)cc3)cc2)cc1. The Hall–Kier alpha value is -3.13. The maximum absolute atomic E-state index is 11.1. The molecule has 2 heteroatoms. The molecule has 0 saturated carbocycles. The van der Waals surface area contributed by atoms with Gasteiger partial charge in [-0.05, 0) is 41.2 Å². The van der Waals surface area contributed by atoms with E-state index in [9.17, 15) is 4.79 Å². The number of aryl methyl sites for hydroxylation is 1. The molecular weight excluding hydrogens is 320 g/mol. The number of hydrogen-bond acceptors (Lipinski definition) is 2. The number of benzene rings is 3. The van der Waals surface area contributed by atoms with Crippen molar-refractivity contribution in [1.29, 1.82) is 0 Å². The molecule has 2 nitrogen and oxygen atoms in total. The standard InChI is InChI=1S/C24H22O2/c1-3-24(25)26-17-21-8-6-19(7-9-21)16-20-10-14-23(15-11-20)22-12-4-18(2)5-13-22/h3-15H,1,16-17H2,2H3. The zero-order valence-corrected chi connectivity index (χ0v) is 14.9. The Bertz CT molecular complexity index is 873. The van der Waals surface area contributed by atoms with Crippen LogP contribution in [0.1, 0.15) is 22.3 Å². The van der Waals surface area contributed by atoms with Gasteiger partial charge in [-0.2, -0.15) is 0 Å². The van der Waals surface area contributed by atoms with Crippen molar-refractivity contribution in [2.75, 3.05) is 0 Å². The lowest BCUT2D eigenvalue weighted by molar-refractivity contribution is -0.138. The van der Waals surface area contributed by atoms with Crippen molar-refractivity contribution in [1.82, 2.24) is 0 Å². The highest BCUT2D eigenvalue weighted by Crippen LogP contribution is 2.21. The highest BCUT2D eigenvalue weighted by molar-refractivity contribution is 5.81. The summed E-state index contributed by atoms with van der Waals surface area (Å²) in [5.74, 6) is -0.400. The molecule has 0 spiro atoms. The Kier molecular flexibility index (Phi) is 5.65. The molecule has 0 amide bonds. The largest absolute Gasteiger partial charge is 0.458 e. The van der Waals surface area contributed by atoms with Gasteiger partial charge in [0.1, 0.15) is 6.61 Å². The Balaban J connectivity index is 1.62. The lowest BCUT2D eigenvalue weighted by Crippen LogP contribution is -2.00. The second-order valence-electron chi connectivity index (χ2n) is 6.37. The Labute approximate surface area is 154 Å². The molecule has 0 radical (unpaired) electrons. The van der Waals surface area contributed by atoms with Crippen LogP contribution in [0.5, 0.6) is 0 Å². The van der Waals surface area contributed by atoms with Crippen molar-refractivity contribution in [3.05, 3.63) is 108 Å². The van der Waals surface area contributed by atoms with Gasteiger partial charge in [-0.15, -0.1) is 0 Å². The van der Waals surface area contributed by atoms with Crippen LogP contribution in [0.3, 0.4) is 0 Å². The summed E-state index contributed by atoms with van der Waals surface area (Å²) < 4.78 is 5.04. The van der Waals surface area contributed by atoms with Gasteiger partial charge < -0.3 is 4.74 Å². The fraction of sp³-hybridized carbons (Fsp3) is 0.125. The van der Waals surface area contributed by atoms with Crippen LogP contribution in [0.4, 0.5) is 0 Å². The fourth-order valence-electron chi connectivity index (χ4n) is 2.76. The molecule has 0 saturated heterocycles. The molecule has 0 aromatic heterocycles. The predicted molar refractivity (Wildman–Crippen MR) is 106 cm³/mol. The number of esters is 1. The van der Waals surface area contributed by atoms with Crippen LogP contribution in [0, 0.1) is 6.92 Å². The zero-order valence-electron chi connectivity index (χ0n) is 14.9. The molecular formula is C24H22O2. The molecule has 3 aromatic rings. The van der Waals surface area contributed by atoms with Crippen LogP contribution in [-0.2, 0) is 22.6 Å². The molecule has 0 N–H and O–H groups in total. The maximum atomic E-state index is 11.1. The minimum Gasteiger partial charge on any atom is -0.458 e. The molecule has 0 atom stereocenters. The van der Waals surface area contributed by atoms with E-state index < -0.39 is 5.97 Å². The fourth-order valence-corrected chi connectivity index (χ4v) is 2.76. The van der Waals surface area contributed by atoms with Crippen molar-refractivity contribution in [2.24, 2.45) is 0 Å². The second kappa shape index (κ2) is 8.30. The van der Waals surface area contributed by atoms with Crippen molar-refractivity contribution in [3.8, 4) is 11.1 Å². The number of rotatable bonds is 6. The molecule has 0 bridgehead atoms.